The highest BCUT2D eigenvalue weighted by Crippen LogP contribution is 2.35. The lowest BCUT2D eigenvalue weighted by Crippen LogP contribution is -2.70. The third kappa shape index (κ3) is 5.66. The molecular weight excluding hydrogens is 498 g/mol. The van der Waals surface area contributed by atoms with Crippen LogP contribution in [-0.4, -0.2) is 148 Å². The summed E-state index contributed by atoms with van der Waals surface area (Å²) in [6.07, 6.45) is -13.7. The number of ether oxygens (including phenoxy) is 5. The van der Waals surface area contributed by atoms with E-state index in [1.165, 1.54) is 0 Å². The summed E-state index contributed by atoms with van der Waals surface area (Å²) < 4.78 is 29.2. The summed E-state index contributed by atoms with van der Waals surface area (Å²) >= 11 is 0. The van der Waals surface area contributed by atoms with E-state index in [1.807, 2.05) is 0 Å². The minimum atomic E-state index is -1.54. The van der Waals surface area contributed by atoms with Gasteiger partial charge in [0.2, 0.25) is 0 Å². The Hall–Kier alpha value is -0.640. The molecule has 1 aliphatic carbocycles. The Morgan fingerprint density at radius 3 is 2.08 bits per heavy atom. The molecule has 16 nitrogen and oxygen atoms in total. The lowest BCUT2D eigenvalue weighted by molar-refractivity contribution is -0.373. The molecular formula is C21H41N5O11. The maximum Gasteiger partial charge on any atom is 0.189 e. The smallest absolute Gasteiger partial charge is 0.189 e. The van der Waals surface area contributed by atoms with Gasteiger partial charge >= 0.3 is 0 Å². The van der Waals surface area contributed by atoms with Crippen LogP contribution in [0.3, 0.4) is 0 Å². The number of rotatable bonds is 6. The fraction of sp³-hybridized carbons (Fsp3) is 1.00. The van der Waals surface area contributed by atoms with Gasteiger partial charge in [0.05, 0.1) is 36.9 Å². The van der Waals surface area contributed by atoms with Crippen LogP contribution < -0.4 is 28.3 Å². The van der Waals surface area contributed by atoms with E-state index in [4.69, 9.17) is 46.6 Å². The van der Waals surface area contributed by atoms with Crippen LogP contribution in [0.1, 0.15) is 12.8 Å². The van der Waals surface area contributed by atoms with E-state index in [2.05, 4.69) is 5.32 Å². The quantitative estimate of drug-likeness (QED) is 0.149. The van der Waals surface area contributed by atoms with Crippen LogP contribution in [0.4, 0.5) is 0 Å². The normalized spacial score (nSPS) is 55.1. The molecule has 0 amide bonds. The average Bonchev–Trinajstić information content (AvgIpc) is 2.86. The summed E-state index contributed by atoms with van der Waals surface area (Å²) in [7, 11) is 1.55. The van der Waals surface area contributed by atoms with Gasteiger partial charge in [0.1, 0.15) is 42.7 Å². The second kappa shape index (κ2) is 11.8. The number of fused-ring (bicyclic) bond motifs is 1. The van der Waals surface area contributed by atoms with Gasteiger partial charge in [-0.05, 0) is 19.9 Å². The minimum Gasteiger partial charge on any atom is -0.394 e. The Bertz CT molecular complexity index is 756. The summed E-state index contributed by atoms with van der Waals surface area (Å²) in [6, 6.07) is -4.05. The maximum atomic E-state index is 11.1. The number of nitrogens with two attached hydrogens (primary N) is 4. The first-order chi connectivity index (χ1) is 17.5. The molecule has 3 aliphatic heterocycles. The van der Waals surface area contributed by atoms with Gasteiger partial charge in [-0.1, -0.05) is 0 Å². The summed E-state index contributed by atoms with van der Waals surface area (Å²) in [5.41, 5.74) is 24.0. The SMILES string of the molecule is CN[C@@H]1[C@@H](O[C@H]2O[C@@H](CO)[C@@H](N)[C@H](O)[C@H]2O)O[C@@H]2C[C@H](N)[C@@H](O[C@@H]3[C@H](O)[C@H](O)[C@H](N)C[C@@H]3N)O[C@@H]2[C@@H]1O. The van der Waals surface area contributed by atoms with E-state index in [1.54, 1.807) is 7.05 Å². The fourth-order valence-corrected chi connectivity index (χ4v) is 5.46. The second-order valence-electron chi connectivity index (χ2n) is 10.3. The van der Waals surface area contributed by atoms with E-state index in [-0.39, 0.29) is 12.8 Å². The van der Waals surface area contributed by atoms with Crippen molar-refractivity contribution in [3.8, 4) is 0 Å². The van der Waals surface area contributed by atoms with Gasteiger partial charge in [0, 0.05) is 12.1 Å². The molecule has 15 N–H and O–H groups in total. The first-order valence-electron chi connectivity index (χ1n) is 12.5. The predicted molar refractivity (Wildman–Crippen MR) is 123 cm³/mol. The van der Waals surface area contributed by atoms with Crippen LogP contribution in [0.15, 0.2) is 0 Å². The van der Waals surface area contributed by atoms with Gasteiger partial charge in [-0.25, -0.2) is 0 Å². The molecule has 16 heteroatoms. The molecule has 0 radical (unpaired) electrons. The zero-order chi connectivity index (χ0) is 27.2. The average molecular weight is 540 g/mol. The van der Waals surface area contributed by atoms with Crippen LogP contribution in [0.25, 0.3) is 0 Å². The van der Waals surface area contributed by atoms with E-state index in [0.717, 1.165) is 0 Å². The lowest BCUT2D eigenvalue weighted by atomic mass is 9.84. The van der Waals surface area contributed by atoms with Crippen molar-refractivity contribution in [1.29, 1.82) is 0 Å². The Labute approximate surface area is 213 Å². The number of hydrogen-bond donors (Lipinski definition) is 11. The van der Waals surface area contributed by atoms with E-state index >= 15 is 0 Å². The first-order valence-corrected chi connectivity index (χ1v) is 12.5. The summed E-state index contributed by atoms with van der Waals surface area (Å²) in [4.78, 5) is 0. The Kier molecular flexibility index (Phi) is 9.40. The summed E-state index contributed by atoms with van der Waals surface area (Å²) in [5, 5.41) is 64.7. The van der Waals surface area contributed by atoms with Gasteiger partial charge < -0.3 is 82.6 Å². The van der Waals surface area contributed by atoms with Crippen LogP contribution >= 0.6 is 0 Å². The number of aliphatic hydroxyl groups excluding tert-OH is 6. The molecule has 37 heavy (non-hydrogen) atoms. The first kappa shape index (κ1) is 29.3. The van der Waals surface area contributed by atoms with Gasteiger partial charge in [-0.2, -0.15) is 0 Å². The van der Waals surface area contributed by atoms with Crippen molar-refractivity contribution < 1.29 is 54.3 Å². The van der Waals surface area contributed by atoms with Crippen molar-refractivity contribution in [1.82, 2.24) is 5.32 Å². The number of nitrogens with one attached hydrogen (secondary N) is 1. The van der Waals surface area contributed by atoms with Gasteiger partial charge in [0.25, 0.3) is 0 Å². The van der Waals surface area contributed by atoms with Crippen molar-refractivity contribution in [3.63, 3.8) is 0 Å². The zero-order valence-electron chi connectivity index (χ0n) is 20.5. The highest BCUT2D eigenvalue weighted by atomic mass is 16.8. The van der Waals surface area contributed by atoms with Crippen molar-refractivity contribution in [2.75, 3.05) is 13.7 Å². The molecule has 3 heterocycles. The van der Waals surface area contributed by atoms with Crippen molar-refractivity contribution in [2.24, 2.45) is 22.9 Å². The fourth-order valence-electron chi connectivity index (χ4n) is 5.46. The molecule has 1 saturated carbocycles. The van der Waals surface area contributed by atoms with E-state index < -0.39 is 111 Å². The number of likely N-dealkylation sites (N-methyl/N-ethyl adjacent to an activating group) is 1. The minimum absolute atomic E-state index is 0.156. The van der Waals surface area contributed by atoms with E-state index in [9.17, 15) is 30.6 Å². The Balaban J connectivity index is 1.43. The van der Waals surface area contributed by atoms with Crippen molar-refractivity contribution in [2.45, 2.75) is 117 Å². The molecule has 4 aliphatic rings. The molecule has 0 bridgehead atoms. The number of aliphatic hydroxyl groups is 6. The summed E-state index contributed by atoms with van der Waals surface area (Å²) in [5.74, 6) is 0. The molecule has 0 aromatic rings. The molecule has 17 atom stereocenters. The lowest BCUT2D eigenvalue weighted by Gasteiger charge is -2.51. The molecule has 216 valence electrons. The van der Waals surface area contributed by atoms with Crippen LogP contribution in [-0.2, 0) is 23.7 Å². The largest absolute Gasteiger partial charge is 0.394 e. The van der Waals surface area contributed by atoms with Gasteiger partial charge in [-0.15, -0.1) is 0 Å². The molecule has 3 saturated heterocycles. The summed E-state index contributed by atoms with van der Waals surface area (Å²) in [6.45, 7) is -0.508. The van der Waals surface area contributed by atoms with Gasteiger partial charge in [-0.3, -0.25) is 0 Å². The third-order valence-electron chi connectivity index (χ3n) is 7.74. The van der Waals surface area contributed by atoms with Crippen molar-refractivity contribution >= 4 is 0 Å². The highest BCUT2D eigenvalue weighted by Gasteiger charge is 2.54. The van der Waals surface area contributed by atoms with E-state index in [0.29, 0.717) is 0 Å². The number of hydrogen-bond acceptors (Lipinski definition) is 16. The van der Waals surface area contributed by atoms with Crippen molar-refractivity contribution in [3.05, 3.63) is 0 Å². The second-order valence-corrected chi connectivity index (χ2v) is 10.3. The molecule has 0 spiro atoms. The zero-order valence-corrected chi connectivity index (χ0v) is 20.5. The maximum absolute atomic E-state index is 11.1. The molecule has 4 fully saturated rings. The highest BCUT2D eigenvalue weighted by molar-refractivity contribution is 5.01. The van der Waals surface area contributed by atoms with Crippen LogP contribution in [0, 0.1) is 0 Å². The van der Waals surface area contributed by atoms with Crippen LogP contribution in [0.2, 0.25) is 0 Å². The molecule has 0 aromatic carbocycles. The molecule has 0 aromatic heterocycles. The Morgan fingerprint density at radius 2 is 1.43 bits per heavy atom. The molecule has 0 unspecified atom stereocenters. The predicted octanol–water partition coefficient (Wildman–Crippen LogP) is -6.95. The molecule has 4 rings (SSSR count). The topological polar surface area (TPSA) is 284 Å². The third-order valence-corrected chi connectivity index (χ3v) is 7.74. The van der Waals surface area contributed by atoms with Crippen LogP contribution in [0.5, 0.6) is 0 Å². The standard InChI is InChI=1S/C21H41N5O11/c1-26-11-14(30)18-8(33-20(11)37-21-16(32)13(29)10(25)9(4-27)34-21)3-7(24)19(36-18)35-17-6(23)2-5(22)12(28)15(17)31/h5-21,26-32H,2-4,22-25H2,1H3/t5-,6+,7+,8-,9+,10-,11+,12-,13+,14-,15-,16-,17+,18+,19+,20-,21-/m1/s1. The Morgan fingerprint density at radius 1 is 0.730 bits per heavy atom. The van der Waals surface area contributed by atoms with Gasteiger partial charge in [0.15, 0.2) is 18.9 Å². The monoisotopic (exact) mass is 539 g/mol.